The van der Waals surface area contributed by atoms with Crippen molar-refractivity contribution in [3.8, 4) is 0 Å². The minimum atomic E-state index is -0.467. The molecule has 0 bridgehead atoms. The Labute approximate surface area is 190 Å². The molecule has 1 aliphatic heterocycles. The van der Waals surface area contributed by atoms with E-state index in [9.17, 15) is 4.79 Å². The fourth-order valence-corrected chi connectivity index (χ4v) is 3.98. The maximum Gasteiger partial charge on any atom is 0.410 e. The molecule has 9 heteroatoms. The van der Waals surface area contributed by atoms with Gasteiger partial charge in [0.1, 0.15) is 11.4 Å². The van der Waals surface area contributed by atoms with Gasteiger partial charge in [-0.25, -0.2) is 4.79 Å². The van der Waals surface area contributed by atoms with Crippen LogP contribution in [0.15, 0.2) is 29.4 Å². The highest BCUT2D eigenvalue weighted by Gasteiger charge is 2.27. The molecule has 0 saturated carbocycles. The number of likely N-dealkylation sites (tertiary alicyclic amines) is 1. The van der Waals surface area contributed by atoms with E-state index in [0.717, 1.165) is 62.9 Å². The van der Waals surface area contributed by atoms with Crippen LogP contribution in [-0.2, 0) is 11.2 Å². The van der Waals surface area contributed by atoms with Gasteiger partial charge in [0.25, 0.3) is 0 Å². The first kappa shape index (κ1) is 23.8. The van der Waals surface area contributed by atoms with Crippen molar-refractivity contribution in [1.29, 1.82) is 0 Å². The highest BCUT2D eigenvalue weighted by molar-refractivity contribution is 5.80. The van der Waals surface area contributed by atoms with Gasteiger partial charge in [-0.2, -0.15) is 0 Å². The zero-order chi connectivity index (χ0) is 23.1. The molecular weight excluding hydrogens is 406 g/mol. The third-order valence-corrected chi connectivity index (χ3v) is 5.65. The van der Waals surface area contributed by atoms with Gasteiger partial charge in [0.15, 0.2) is 11.6 Å². The van der Waals surface area contributed by atoms with Gasteiger partial charge in [-0.3, -0.25) is 9.39 Å². The quantitative estimate of drug-likeness (QED) is 0.546. The Morgan fingerprint density at radius 2 is 2.03 bits per heavy atom. The van der Waals surface area contributed by atoms with Gasteiger partial charge in [-0.05, 0) is 58.6 Å². The minimum Gasteiger partial charge on any atom is -0.444 e. The van der Waals surface area contributed by atoms with Gasteiger partial charge in [-0.1, -0.05) is 6.07 Å². The molecule has 2 aromatic rings. The number of guanidine groups is 1. The van der Waals surface area contributed by atoms with Gasteiger partial charge < -0.3 is 19.9 Å². The fourth-order valence-electron chi connectivity index (χ4n) is 3.98. The smallest absolute Gasteiger partial charge is 0.410 e. The molecule has 0 unspecified atom stereocenters. The first-order valence-corrected chi connectivity index (χ1v) is 11.5. The molecule has 32 heavy (non-hydrogen) atoms. The second-order valence-corrected chi connectivity index (χ2v) is 9.22. The molecule has 0 aromatic carbocycles. The molecule has 1 fully saturated rings. The number of amides is 1. The van der Waals surface area contributed by atoms with E-state index in [1.807, 2.05) is 68.4 Å². The lowest BCUT2D eigenvalue weighted by atomic mass is 9.96. The van der Waals surface area contributed by atoms with Crippen molar-refractivity contribution in [2.75, 3.05) is 39.8 Å². The molecule has 0 radical (unpaired) electrons. The molecule has 1 saturated heterocycles. The summed E-state index contributed by atoms with van der Waals surface area (Å²) in [5, 5.41) is 12.0. The standard InChI is InChI=1S/C23H37N7O2/c1-6-28(22(31)32-23(2,3)4)17-18-11-15-29(16-12-18)21(24-5)25-13-10-20-27-26-19-9-7-8-14-30(19)20/h7-9,14,18H,6,10-13,15-17H2,1-5H3,(H,24,25). The van der Waals surface area contributed by atoms with Crippen molar-refractivity contribution < 1.29 is 9.53 Å². The third kappa shape index (κ3) is 6.34. The number of piperidine rings is 1. The monoisotopic (exact) mass is 443 g/mol. The van der Waals surface area contributed by atoms with Gasteiger partial charge in [-0.15, -0.1) is 10.2 Å². The van der Waals surface area contributed by atoms with Crippen molar-refractivity contribution in [1.82, 2.24) is 29.7 Å². The number of fused-ring (bicyclic) bond motifs is 1. The second-order valence-electron chi connectivity index (χ2n) is 9.22. The molecule has 1 N–H and O–H groups in total. The number of rotatable bonds is 6. The highest BCUT2D eigenvalue weighted by atomic mass is 16.6. The van der Waals surface area contributed by atoms with Crippen molar-refractivity contribution in [3.05, 3.63) is 30.2 Å². The Kier molecular flexibility index (Phi) is 7.93. The SMILES string of the molecule is CCN(CC1CCN(C(=NC)NCCc2nnc3ccccn23)CC1)C(=O)OC(C)(C)C. The van der Waals surface area contributed by atoms with Gasteiger partial charge >= 0.3 is 6.09 Å². The predicted octanol–water partition coefficient (Wildman–Crippen LogP) is 2.82. The zero-order valence-electron chi connectivity index (χ0n) is 20.0. The van der Waals surface area contributed by atoms with E-state index in [-0.39, 0.29) is 6.09 Å². The van der Waals surface area contributed by atoms with Gasteiger partial charge in [0.05, 0.1) is 0 Å². The third-order valence-electron chi connectivity index (χ3n) is 5.65. The normalized spacial score (nSPS) is 15.8. The van der Waals surface area contributed by atoms with Crippen LogP contribution in [0.2, 0.25) is 0 Å². The number of carbonyl (C=O) groups excluding carboxylic acids is 1. The lowest BCUT2D eigenvalue weighted by molar-refractivity contribution is 0.0214. The fraction of sp³-hybridized carbons (Fsp3) is 0.652. The topological polar surface area (TPSA) is 87.4 Å². The van der Waals surface area contributed by atoms with Crippen LogP contribution in [0, 0.1) is 5.92 Å². The summed E-state index contributed by atoms with van der Waals surface area (Å²) in [7, 11) is 1.82. The number of hydrogen-bond donors (Lipinski definition) is 1. The summed E-state index contributed by atoms with van der Waals surface area (Å²) in [6, 6.07) is 5.90. The van der Waals surface area contributed by atoms with Gasteiger partial charge in [0, 0.05) is 52.4 Å². The lowest BCUT2D eigenvalue weighted by Gasteiger charge is -2.36. The average Bonchev–Trinajstić information content (AvgIpc) is 3.17. The van der Waals surface area contributed by atoms with E-state index in [2.05, 4.69) is 25.4 Å². The molecule has 3 heterocycles. The summed E-state index contributed by atoms with van der Waals surface area (Å²) in [5.41, 5.74) is 0.395. The first-order chi connectivity index (χ1) is 15.3. The largest absolute Gasteiger partial charge is 0.444 e. The molecule has 9 nitrogen and oxygen atoms in total. The molecule has 3 rings (SSSR count). The summed E-state index contributed by atoms with van der Waals surface area (Å²) in [6.45, 7) is 11.7. The Balaban J connectivity index is 1.45. The molecule has 2 aromatic heterocycles. The minimum absolute atomic E-state index is 0.221. The van der Waals surface area contributed by atoms with E-state index >= 15 is 0 Å². The molecule has 0 aliphatic carbocycles. The molecular formula is C23H37N7O2. The Morgan fingerprint density at radius 3 is 2.69 bits per heavy atom. The predicted molar refractivity (Wildman–Crippen MR) is 126 cm³/mol. The Bertz CT molecular complexity index is 910. The highest BCUT2D eigenvalue weighted by Crippen LogP contribution is 2.20. The van der Waals surface area contributed by atoms with E-state index in [0.29, 0.717) is 12.5 Å². The molecule has 1 aliphatic rings. The molecule has 176 valence electrons. The summed E-state index contributed by atoms with van der Waals surface area (Å²) in [4.78, 5) is 21.0. The summed E-state index contributed by atoms with van der Waals surface area (Å²) in [5.74, 6) is 2.32. The van der Waals surface area contributed by atoms with Crippen LogP contribution in [0.1, 0.15) is 46.4 Å². The van der Waals surface area contributed by atoms with Crippen LogP contribution in [-0.4, -0.2) is 81.8 Å². The summed E-state index contributed by atoms with van der Waals surface area (Å²) < 4.78 is 7.56. The number of ether oxygens (including phenoxy) is 1. The summed E-state index contributed by atoms with van der Waals surface area (Å²) in [6.07, 6.45) is 4.58. The lowest BCUT2D eigenvalue weighted by Crippen LogP contribution is -2.48. The van der Waals surface area contributed by atoms with Crippen LogP contribution in [0.4, 0.5) is 4.79 Å². The summed E-state index contributed by atoms with van der Waals surface area (Å²) >= 11 is 0. The number of nitrogens with zero attached hydrogens (tertiary/aromatic N) is 6. The molecule has 0 spiro atoms. The molecule has 1 amide bonds. The van der Waals surface area contributed by atoms with E-state index in [1.54, 1.807) is 0 Å². The van der Waals surface area contributed by atoms with Gasteiger partial charge in [0.2, 0.25) is 0 Å². The van der Waals surface area contributed by atoms with E-state index in [4.69, 9.17) is 4.74 Å². The zero-order valence-corrected chi connectivity index (χ0v) is 20.0. The average molecular weight is 444 g/mol. The number of nitrogens with one attached hydrogen (secondary N) is 1. The van der Waals surface area contributed by atoms with E-state index < -0.39 is 5.60 Å². The van der Waals surface area contributed by atoms with Crippen LogP contribution >= 0.6 is 0 Å². The van der Waals surface area contributed by atoms with Crippen molar-refractivity contribution >= 4 is 17.7 Å². The van der Waals surface area contributed by atoms with Crippen LogP contribution in [0.5, 0.6) is 0 Å². The number of pyridine rings is 1. The maximum absolute atomic E-state index is 12.4. The number of hydrogen-bond acceptors (Lipinski definition) is 5. The van der Waals surface area contributed by atoms with Crippen LogP contribution < -0.4 is 5.32 Å². The van der Waals surface area contributed by atoms with Crippen molar-refractivity contribution in [3.63, 3.8) is 0 Å². The second kappa shape index (κ2) is 10.7. The van der Waals surface area contributed by atoms with Crippen LogP contribution in [0.3, 0.4) is 0 Å². The molecule has 0 atom stereocenters. The number of carbonyl (C=O) groups is 1. The van der Waals surface area contributed by atoms with Crippen molar-refractivity contribution in [2.45, 2.75) is 52.6 Å². The van der Waals surface area contributed by atoms with Crippen molar-refractivity contribution in [2.24, 2.45) is 10.9 Å². The number of aliphatic imine (C=N–C) groups is 1. The Hall–Kier alpha value is -2.84. The van der Waals surface area contributed by atoms with E-state index in [1.165, 1.54) is 0 Å². The Morgan fingerprint density at radius 1 is 1.28 bits per heavy atom. The van der Waals surface area contributed by atoms with Crippen LogP contribution in [0.25, 0.3) is 5.65 Å². The first-order valence-electron chi connectivity index (χ1n) is 11.5. The number of aromatic nitrogens is 3. The maximum atomic E-state index is 12.4.